The predicted molar refractivity (Wildman–Crippen MR) is 182 cm³/mol. The highest BCUT2D eigenvalue weighted by molar-refractivity contribution is 7.88. The van der Waals surface area contributed by atoms with Crippen LogP contribution < -0.4 is 10.0 Å². The number of anilines is 1. The number of sulfonamides is 1. The maximum atomic E-state index is 14.7. The molecule has 0 saturated heterocycles. The Labute approximate surface area is 269 Å². The summed E-state index contributed by atoms with van der Waals surface area (Å²) in [6, 6.07) is 29.7. The van der Waals surface area contributed by atoms with Gasteiger partial charge in [-0.05, 0) is 76.3 Å². The van der Waals surface area contributed by atoms with Gasteiger partial charge in [0, 0.05) is 34.6 Å². The Morgan fingerprint density at radius 2 is 1.66 bits per heavy atom. The zero-order valence-corrected chi connectivity index (χ0v) is 26.0. The van der Waals surface area contributed by atoms with E-state index in [0.29, 0.717) is 22.5 Å². The Kier molecular flexibility index (Phi) is 7.84. The van der Waals surface area contributed by atoms with E-state index in [1.807, 2.05) is 78.9 Å². The van der Waals surface area contributed by atoms with Crippen LogP contribution in [0.25, 0.3) is 55.4 Å². The number of amides is 1. The smallest absolute Gasteiger partial charge is 0.228 e. The molecule has 3 heterocycles. The number of nitrogens with one attached hydrogen (secondary N) is 4. The first-order valence-corrected chi connectivity index (χ1v) is 16.7. The third kappa shape index (κ3) is 6.67. The van der Waals surface area contributed by atoms with E-state index in [0.717, 1.165) is 56.0 Å². The third-order valence-electron chi connectivity index (χ3n) is 7.85. The summed E-state index contributed by atoms with van der Waals surface area (Å²) in [6.07, 6.45) is 4.71. The highest BCUT2D eigenvalue weighted by Gasteiger charge is 2.16. The minimum absolute atomic E-state index is 0.0158. The topological polar surface area (TPSA) is 133 Å². The summed E-state index contributed by atoms with van der Waals surface area (Å²) >= 11 is 0. The molecule has 0 aliphatic rings. The van der Waals surface area contributed by atoms with Crippen molar-refractivity contribution >= 4 is 43.4 Å². The molecule has 0 fully saturated rings. The molecule has 11 heteroatoms. The fourth-order valence-corrected chi connectivity index (χ4v) is 6.14. The summed E-state index contributed by atoms with van der Waals surface area (Å²) in [4.78, 5) is 20.5. The maximum Gasteiger partial charge on any atom is 0.228 e. The minimum Gasteiger partial charge on any atom is -0.353 e. The predicted octanol–water partition coefficient (Wildman–Crippen LogP) is 6.81. The summed E-state index contributed by atoms with van der Waals surface area (Å²) in [6.45, 7) is -0.0158. The Morgan fingerprint density at radius 1 is 0.809 bits per heavy atom. The molecule has 1 amide bonds. The van der Waals surface area contributed by atoms with E-state index in [2.05, 4.69) is 30.2 Å². The van der Waals surface area contributed by atoms with Crippen LogP contribution >= 0.6 is 0 Å². The zero-order valence-electron chi connectivity index (χ0n) is 25.2. The number of fused-ring (bicyclic) bond motifs is 2. The second-order valence-electron chi connectivity index (χ2n) is 11.4. The van der Waals surface area contributed by atoms with E-state index in [1.54, 1.807) is 18.5 Å². The van der Waals surface area contributed by atoms with Gasteiger partial charge < -0.3 is 10.3 Å². The summed E-state index contributed by atoms with van der Waals surface area (Å²) in [5.74, 6) is -0.582. The lowest BCUT2D eigenvalue weighted by Crippen LogP contribution is -2.21. The lowest BCUT2D eigenvalue weighted by Gasteiger charge is -2.08. The Bertz CT molecular complexity index is 2390. The molecule has 0 saturated carbocycles. The van der Waals surface area contributed by atoms with Crippen molar-refractivity contribution in [1.82, 2.24) is 24.9 Å². The average Bonchev–Trinajstić information content (AvgIpc) is 3.68. The van der Waals surface area contributed by atoms with E-state index >= 15 is 0 Å². The van der Waals surface area contributed by atoms with Gasteiger partial charge in [0.2, 0.25) is 15.9 Å². The Hall–Kier alpha value is -5.65. The highest BCUT2D eigenvalue weighted by atomic mass is 32.2. The largest absolute Gasteiger partial charge is 0.353 e. The van der Waals surface area contributed by atoms with E-state index < -0.39 is 15.8 Å². The first-order valence-electron chi connectivity index (χ1n) is 14.8. The molecule has 9 nitrogen and oxygen atoms in total. The maximum absolute atomic E-state index is 14.7. The van der Waals surface area contributed by atoms with Crippen LogP contribution in [0.1, 0.15) is 11.1 Å². The van der Waals surface area contributed by atoms with Gasteiger partial charge in [0.05, 0.1) is 35.8 Å². The van der Waals surface area contributed by atoms with E-state index in [4.69, 9.17) is 0 Å². The molecule has 4 N–H and O–H groups in total. The van der Waals surface area contributed by atoms with E-state index in [-0.39, 0.29) is 18.9 Å². The van der Waals surface area contributed by atoms with Gasteiger partial charge in [-0.2, -0.15) is 5.10 Å². The van der Waals surface area contributed by atoms with Gasteiger partial charge >= 0.3 is 0 Å². The van der Waals surface area contributed by atoms with Crippen LogP contribution in [0.5, 0.6) is 0 Å². The van der Waals surface area contributed by atoms with Crippen molar-refractivity contribution in [3.05, 3.63) is 126 Å². The lowest BCUT2D eigenvalue weighted by atomic mass is 9.99. The van der Waals surface area contributed by atoms with Crippen molar-refractivity contribution in [3.8, 4) is 33.6 Å². The molecule has 0 aliphatic carbocycles. The van der Waals surface area contributed by atoms with Crippen molar-refractivity contribution in [3.63, 3.8) is 0 Å². The number of aromatic nitrogens is 4. The third-order valence-corrected chi connectivity index (χ3v) is 8.52. The number of carbonyl (C=O) groups is 1. The molecule has 0 unspecified atom stereocenters. The van der Waals surface area contributed by atoms with Gasteiger partial charge in [0.25, 0.3) is 0 Å². The van der Waals surface area contributed by atoms with Crippen molar-refractivity contribution in [1.29, 1.82) is 0 Å². The van der Waals surface area contributed by atoms with Crippen LogP contribution in [-0.4, -0.2) is 40.7 Å². The second kappa shape index (κ2) is 12.3. The number of halogens is 1. The molecule has 0 aliphatic heterocycles. The molecular formula is C36H29FN6O3S. The first kappa shape index (κ1) is 30.0. The van der Waals surface area contributed by atoms with Crippen LogP contribution in [0.15, 0.2) is 109 Å². The fraction of sp³-hybridized carbons (Fsp3) is 0.0833. The standard InChI is InChI=1S/C36H29FN6O3S/c1-47(45,46)39-19-23-12-25(15-27(37)13-23)29-8-5-9-32-30(29)18-34(41-32)36-31-17-24(10-11-33(31)42-43-36)26-16-28(21-38-20-26)40-35(44)14-22-6-3-2-4-7-22/h2-13,15-18,20-21,39,41H,14,19H2,1H3,(H,40,44)(H,42,43). The number of rotatable bonds is 9. The number of nitrogens with zero attached hydrogens (tertiary/aromatic N) is 2. The highest BCUT2D eigenvalue weighted by Crippen LogP contribution is 2.36. The van der Waals surface area contributed by atoms with Crippen LogP contribution in [0, 0.1) is 5.82 Å². The number of aromatic amines is 2. The summed E-state index contributed by atoms with van der Waals surface area (Å²) in [5.41, 5.74) is 8.37. The van der Waals surface area contributed by atoms with Gasteiger partial charge in [0.15, 0.2) is 0 Å². The van der Waals surface area contributed by atoms with Crippen LogP contribution in [0.2, 0.25) is 0 Å². The molecule has 3 aromatic heterocycles. The van der Waals surface area contributed by atoms with Crippen LogP contribution in [0.3, 0.4) is 0 Å². The molecule has 234 valence electrons. The minimum atomic E-state index is -3.43. The van der Waals surface area contributed by atoms with Crippen LogP contribution in [-0.2, 0) is 27.8 Å². The number of benzene rings is 4. The molecule has 47 heavy (non-hydrogen) atoms. The number of pyridine rings is 1. The second-order valence-corrected chi connectivity index (χ2v) is 13.2. The molecule has 0 bridgehead atoms. The fourth-order valence-electron chi connectivity index (χ4n) is 5.71. The quantitative estimate of drug-likeness (QED) is 0.137. The molecule has 0 atom stereocenters. The normalized spacial score (nSPS) is 11.7. The van der Waals surface area contributed by atoms with E-state index in [1.165, 1.54) is 12.1 Å². The van der Waals surface area contributed by atoms with Gasteiger partial charge in [-0.25, -0.2) is 17.5 Å². The zero-order chi connectivity index (χ0) is 32.5. The number of hydrogen-bond donors (Lipinski definition) is 4. The summed E-state index contributed by atoms with van der Waals surface area (Å²) in [5, 5.41) is 12.4. The van der Waals surface area contributed by atoms with E-state index in [9.17, 15) is 17.6 Å². The molecule has 7 rings (SSSR count). The Balaban J connectivity index is 1.20. The monoisotopic (exact) mass is 644 g/mol. The molecule has 4 aromatic carbocycles. The van der Waals surface area contributed by atoms with Crippen molar-refractivity contribution in [2.75, 3.05) is 11.6 Å². The molecule has 0 spiro atoms. The van der Waals surface area contributed by atoms with Crippen molar-refractivity contribution < 1.29 is 17.6 Å². The van der Waals surface area contributed by atoms with Gasteiger partial charge in [-0.15, -0.1) is 0 Å². The molecule has 7 aromatic rings. The number of H-pyrrole nitrogens is 2. The number of carbonyl (C=O) groups excluding carboxylic acids is 1. The lowest BCUT2D eigenvalue weighted by molar-refractivity contribution is -0.115. The average molecular weight is 645 g/mol. The first-order chi connectivity index (χ1) is 22.7. The van der Waals surface area contributed by atoms with Gasteiger partial charge in [-0.1, -0.05) is 48.5 Å². The summed E-state index contributed by atoms with van der Waals surface area (Å²) in [7, 11) is -3.43. The molecular weight excluding hydrogens is 616 g/mol. The Morgan fingerprint density at radius 3 is 2.49 bits per heavy atom. The number of hydrogen-bond acceptors (Lipinski definition) is 5. The van der Waals surface area contributed by atoms with Crippen molar-refractivity contribution in [2.24, 2.45) is 0 Å². The SMILES string of the molecule is CS(=O)(=O)NCc1cc(F)cc(-c2cccc3[nH]c(-c4n[nH]c5ccc(-c6cncc(NC(=O)Cc7ccccc7)c6)cc45)cc23)c1. The van der Waals surface area contributed by atoms with Crippen LogP contribution in [0.4, 0.5) is 10.1 Å². The van der Waals surface area contributed by atoms with Gasteiger partial charge in [0.1, 0.15) is 11.5 Å². The van der Waals surface area contributed by atoms with Gasteiger partial charge in [-0.3, -0.25) is 14.9 Å². The molecule has 0 radical (unpaired) electrons. The summed E-state index contributed by atoms with van der Waals surface area (Å²) < 4.78 is 40.3. The van der Waals surface area contributed by atoms with Crippen molar-refractivity contribution in [2.45, 2.75) is 13.0 Å².